The number of methoxy groups -OCH3 is 1. The predicted molar refractivity (Wildman–Crippen MR) is 90.9 cm³/mol. The summed E-state index contributed by atoms with van der Waals surface area (Å²) < 4.78 is 6.70. The molecular weight excluding hydrogens is 316 g/mol. The minimum Gasteiger partial charge on any atom is -0.383 e. The molecule has 0 unspecified atom stereocenters. The van der Waals surface area contributed by atoms with Gasteiger partial charge in [0.05, 0.1) is 25.0 Å². The number of carbonyl (C=O) groups excluding carboxylic acids is 1. The van der Waals surface area contributed by atoms with Crippen LogP contribution in [0.1, 0.15) is 12.5 Å². The van der Waals surface area contributed by atoms with Crippen LogP contribution in [0.3, 0.4) is 0 Å². The largest absolute Gasteiger partial charge is 0.383 e. The third-order valence-electron chi connectivity index (χ3n) is 3.28. The zero-order valence-electron chi connectivity index (χ0n) is 13.3. The van der Waals surface area contributed by atoms with Crippen LogP contribution < -0.4 is 10.6 Å². The van der Waals surface area contributed by atoms with Crippen molar-refractivity contribution in [3.63, 3.8) is 0 Å². The highest BCUT2D eigenvalue weighted by atomic mass is 35.5. The molecule has 0 aliphatic rings. The number of urea groups is 1. The van der Waals surface area contributed by atoms with Gasteiger partial charge in [-0.2, -0.15) is 5.10 Å². The fourth-order valence-corrected chi connectivity index (χ4v) is 2.38. The normalized spacial score (nSPS) is 12.0. The van der Waals surface area contributed by atoms with Gasteiger partial charge in [0.1, 0.15) is 0 Å². The van der Waals surface area contributed by atoms with Crippen LogP contribution in [-0.2, 0) is 17.7 Å². The monoisotopic (exact) mass is 336 g/mol. The lowest BCUT2D eigenvalue weighted by atomic mass is 10.1. The van der Waals surface area contributed by atoms with E-state index in [2.05, 4.69) is 15.7 Å². The zero-order chi connectivity index (χ0) is 16.7. The van der Waals surface area contributed by atoms with Crippen LogP contribution in [0.15, 0.2) is 36.7 Å². The van der Waals surface area contributed by atoms with E-state index in [1.54, 1.807) is 24.2 Å². The molecule has 23 heavy (non-hydrogen) atoms. The maximum Gasteiger partial charge on any atom is 0.319 e. The number of ether oxygens (including phenoxy) is 1. The molecule has 0 radical (unpaired) electrons. The molecule has 0 spiro atoms. The second-order valence-corrected chi connectivity index (χ2v) is 5.69. The van der Waals surface area contributed by atoms with Gasteiger partial charge in [-0.1, -0.05) is 29.8 Å². The highest BCUT2D eigenvalue weighted by molar-refractivity contribution is 6.31. The number of hydrogen-bond donors (Lipinski definition) is 2. The first-order valence-corrected chi connectivity index (χ1v) is 7.78. The number of halogens is 1. The maximum absolute atomic E-state index is 12.0. The molecule has 2 aromatic rings. The molecule has 2 N–H and O–H groups in total. The second kappa shape index (κ2) is 8.55. The van der Waals surface area contributed by atoms with Crippen LogP contribution in [-0.4, -0.2) is 35.6 Å². The zero-order valence-corrected chi connectivity index (χ0v) is 14.0. The first-order valence-electron chi connectivity index (χ1n) is 7.41. The predicted octanol–water partition coefficient (Wildman–Crippen LogP) is 2.94. The first-order chi connectivity index (χ1) is 11.1. The molecule has 0 saturated carbocycles. The highest BCUT2D eigenvalue weighted by Gasteiger charge is 2.10. The number of hydrogen-bond acceptors (Lipinski definition) is 3. The van der Waals surface area contributed by atoms with Gasteiger partial charge in [-0.25, -0.2) is 4.79 Å². The summed E-state index contributed by atoms with van der Waals surface area (Å²) in [5, 5.41) is 10.5. The molecular formula is C16H21ClN4O2. The molecule has 1 aromatic heterocycles. The summed E-state index contributed by atoms with van der Waals surface area (Å²) in [6.45, 7) is 3.15. The third kappa shape index (κ3) is 5.58. The molecule has 0 bridgehead atoms. The lowest BCUT2D eigenvalue weighted by Crippen LogP contribution is -2.37. The first kappa shape index (κ1) is 17.3. The number of nitrogens with one attached hydrogen (secondary N) is 2. The third-order valence-corrected chi connectivity index (χ3v) is 3.65. The Morgan fingerprint density at radius 2 is 2.22 bits per heavy atom. The van der Waals surface area contributed by atoms with E-state index >= 15 is 0 Å². The van der Waals surface area contributed by atoms with Gasteiger partial charge in [0.25, 0.3) is 0 Å². The molecule has 7 heteroatoms. The minimum atomic E-state index is -0.268. The van der Waals surface area contributed by atoms with Crippen molar-refractivity contribution < 1.29 is 9.53 Å². The number of nitrogens with zero attached hydrogens (tertiary/aromatic N) is 2. The molecule has 0 saturated heterocycles. The quantitative estimate of drug-likeness (QED) is 0.816. The Kier molecular flexibility index (Phi) is 6.43. The van der Waals surface area contributed by atoms with Crippen LogP contribution in [0.2, 0.25) is 5.02 Å². The van der Waals surface area contributed by atoms with E-state index in [0.717, 1.165) is 5.56 Å². The fourth-order valence-electron chi connectivity index (χ4n) is 2.17. The summed E-state index contributed by atoms with van der Waals surface area (Å²) in [6.07, 6.45) is 4.03. The molecule has 0 aliphatic heterocycles. The Labute approximate surface area is 140 Å². The number of benzene rings is 1. The van der Waals surface area contributed by atoms with Crippen molar-refractivity contribution in [2.24, 2.45) is 0 Å². The van der Waals surface area contributed by atoms with Crippen molar-refractivity contribution in [3.05, 3.63) is 47.2 Å². The number of carbonyl (C=O) groups is 1. The van der Waals surface area contributed by atoms with Gasteiger partial charge in [0, 0.05) is 24.4 Å². The van der Waals surface area contributed by atoms with Crippen LogP contribution in [0.25, 0.3) is 0 Å². The Hall–Kier alpha value is -2.05. The van der Waals surface area contributed by atoms with Crippen molar-refractivity contribution in [2.45, 2.75) is 25.9 Å². The van der Waals surface area contributed by atoms with Crippen molar-refractivity contribution in [3.8, 4) is 0 Å². The van der Waals surface area contributed by atoms with Crippen LogP contribution in [0.4, 0.5) is 10.5 Å². The second-order valence-electron chi connectivity index (χ2n) is 5.28. The number of anilines is 1. The van der Waals surface area contributed by atoms with Gasteiger partial charge in [0.15, 0.2) is 0 Å². The van der Waals surface area contributed by atoms with E-state index in [9.17, 15) is 4.79 Å². The lowest BCUT2D eigenvalue weighted by Gasteiger charge is -2.15. The molecule has 0 fully saturated rings. The van der Waals surface area contributed by atoms with E-state index in [-0.39, 0.29) is 12.1 Å². The summed E-state index contributed by atoms with van der Waals surface area (Å²) in [7, 11) is 1.64. The number of amides is 2. The Morgan fingerprint density at radius 1 is 1.43 bits per heavy atom. The van der Waals surface area contributed by atoms with Crippen LogP contribution in [0.5, 0.6) is 0 Å². The van der Waals surface area contributed by atoms with Gasteiger partial charge in [-0.05, 0) is 25.0 Å². The molecule has 1 atom stereocenters. The van der Waals surface area contributed by atoms with Crippen LogP contribution >= 0.6 is 11.6 Å². The highest BCUT2D eigenvalue weighted by Crippen LogP contribution is 2.16. The summed E-state index contributed by atoms with van der Waals surface area (Å²) in [5.74, 6) is 0. The molecule has 124 valence electrons. The van der Waals surface area contributed by atoms with Gasteiger partial charge in [0.2, 0.25) is 0 Å². The topological polar surface area (TPSA) is 68.2 Å². The summed E-state index contributed by atoms with van der Waals surface area (Å²) in [4.78, 5) is 12.0. The Bertz CT molecular complexity index is 645. The number of aromatic nitrogens is 2. The summed E-state index contributed by atoms with van der Waals surface area (Å²) in [5.41, 5.74) is 1.65. The summed E-state index contributed by atoms with van der Waals surface area (Å²) in [6, 6.07) is 7.31. The van der Waals surface area contributed by atoms with Crippen molar-refractivity contribution >= 4 is 23.3 Å². The summed E-state index contributed by atoms with van der Waals surface area (Å²) >= 11 is 6.13. The van der Waals surface area contributed by atoms with E-state index < -0.39 is 0 Å². The molecule has 1 heterocycles. The molecule has 2 rings (SSSR count). The average Bonchev–Trinajstić information content (AvgIpc) is 2.94. The molecule has 1 aromatic carbocycles. The Morgan fingerprint density at radius 3 is 2.96 bits per heavy atom. The molecule has 2 amide bonds. The van der Waals surface area contributed by atoms with Crippen molar-refractivity contribution in [1.29, 1.82) is 0 Å². The Balaban J connectivity index is 1.82. The molecule has 6 nitrogen and oxygen atoms in total. The minimum absolute atomic E-state index is 0.0431. The standard InChI is InChI=1S/C16H21ClN4O2/c1-12(9-13-5-3-4-6-15(13)17)19-16(22)20-14-10-18-21(11-14)7-8-23-2/h3-6,10-12H,7-9H2,1-2H3,(H2,19,20,22)/t12-/m1/s1. The van der Waals surface area contributed by atoms with Gasteiger partial charge in [-0.3, -0.25) is 4.68 Å². The SMILES string of the molecule is COCCn1cc(NC(=O)N[C@H](C)Cc2ccccc2Cl)cn1. The van der Waals surface area contributed by atoms with Crippen molar-refractivity contribution in [1.82, 2.24) is 15.1 Å². The van der Waals surface area contributed by atoms with E-state index in [1.165, 1.54) is 0 Å². The van der Waals surface area contributed by atoms with Crippen LogP contribution in [0, 0.1) is 0 Å². The van der Waals surface area contributed by atoms with Crippen molar-refractivity contribution in [2.75, 3.05) is 19.0 Å². The van der Waals surface area contributed by atoms with E-state index in [0.29, 0.717) is 30.3 Å². The van der Waals surface area contributed by atoms with E-state index in [4.69, 9.17) is 16.3 Å². The van der Waals surface area contributed by atoms with E-state index in [1.807, 2.05) is 31.2 Å². The van der Waals surface area contributed by atoms with Gasteiger partial charge >= 0.3 is 6.03 Å². The fraction of sp³-hybridized carbons (Fsp3) is 0.375. The van der Waals surface area contributed by atoms with Gasteiger partial charge < -0.3 is 15.4 Å². The lowest BCUT2D eigenvalue weighted by molar-refractivity contribution is 0.183. The van der Waals surface area contributed by atoms with Gasteiger partial charge in [-0.15, -0.1) is 0 Å². The smallest absolute Gasteiger partial charge is 0.319 e. The molecule has 0 aliphatic carbocycles. The maximum atomic E-state index is 12.0. The average molecular weight is 337 g/mol. The number of rotatable bonds is 7.